The molecule has 35 heavy (non-hydrogen) atoms. The highest BCUT2D eigenvalue weighted by Crippen LogP contribution is 2.48. The van der Waals surface area contributed by atoms with Crippen molar-refractivity contribution >= 4 is 61.3 Å². The van der Waals surface area contributed by atoms with Gasteiger partial charge < -0.3 is 25.3 Å². The lowest BCUT2D eigenvalue weighted by Gasteiger charge is -2.27. The van der Waals surface area contributed by atoms with E-state index >= 15 is 0 Å². The number of nitrogens with two attached hydrogens (primary N) is 1. The number of hydrogen-bond acceptors (Lipinski definition) is 7. The van der Waals surface area contributed by atoms with Gasteiger partial charge in [0.2, 0.25) is 11.8 Å². The number of benzene rings is 1. The number of likely N-dealkylation sites (tertiary alicyclic amines) is 1. The lowest BCUT2D eigenvalue weighted by molar-refractivity contribution is -0.138. The summed E-state index contributed by atoms with van der Waals surface area (Å²) in [5, 5.41) is 4.34. The van der Waals surface area contributed by atoms with E-state index < -0.39 is 6.04 Å². The number of anilines is 2. The maximum Gasteiger partial charge on any atom is 0.248 e. The quantitative estimate of drug-likeness (QED) is 0.376. The van der Waals surface area contributed by atoms with E-state index in [4.69, 9.17) is 10.5 Å². The second-order valence-electron chi connectivity index (χ2n) is 8.88. The number of ether oxygens (including phenoxy) is 1. The van der Waals surface area contributed by atoms with Gasteiger partial charge in [0.05, 0.1) is 18.0 Å². The number of halogens is 1. The number of hydrogen-bond donors (Lipinski definition) is 2. The highest BCUT2D eigenvalue weighted by molar-refractivity contribution is 9.10. The van der Waals surface area contributed by atoms with Crippen molar-refractivity contribution in [3.63, 3.8) is 0 Å². The van der Waals surface area contributed by atoms with Gasteiger partial charge in [-0.25, -0.2) is 15.0 Å². The number of nitrogen functional groups attached to an aromatic ring is 1. The summed E-state index contributed by atoms with van der Waals surface area (Å²) in [4.78, 5) is 41.4. The van der Waals surface area contributed by atoms with Gasteiger partial charge in [-0.1, -0.05) is 6.07 Å². The number of aromatic nitrogens is 4. The third-order valence-electron chi connectivity index (χ3n) is 6.83. The number of carbonyl (C=O) groups excluding carboxylic acids is 2. The van der Waals surface area contributed by atoms with Gasteiger partial charge in [0.25, 0.3) is 0 Å². The standard InChI is InChI=1S/C24H22BrN7O3/c1-35-13-5-6-15-14(9-13)21-22(26)27-11-28-23(21)31(15)10-20(33)32-16-7-12(16)8-17(32)24(34)30-19-4-2-3-18(25)29-19/h2-6,9,11-12,16-17H,7-8,10H2,1H3,(H2,26,27,28)(H,29,30,34)/t12-,16-,17+/m1/s1. The van der Waals surface area contributed by atoms with Crippen molar-refractivity contribution in [2.75, 3.05) is 18.2 Å². The molecule has 0 unspecified atom stereocenters. The molecule has 10 nitrogen and oxygen atoms in total. The molecule has 3 atom stereocenters. The summed E-state index contributed by atoms with van der Waals surface area (Å²) in [5.74, 6) is 1.44. The topological polar surface area (TPSA) is 128 Å². The molecule has 6 rings (SSSR count). The predicted molar refractivity (Wildman–Crippen MR) is 134 cm³/mol. The van der Waals surface area contributed by atoms with Gasteiger partial charge in [-0.15, -0.1) is 0 Å². The van der Waals surface area contributed by atoms with Crippen LogP contribution in [-0.4, -0.2) is 55.4 Å². The minimum atomic E-state index is -0.542. The van der Waals surface area contributed by atoms with E-state index in [1.807, 2.05) is 22.8 Å². The van der Waals surface area contributed by atoms with Gasteiger partial charge >= 0.3 is 0 Å². The van der Waals surface area contributed by atoms with Crippen molar-refractivity contribution in [1.82, 2.24) is 24.4 Å². The van der Waals surface area contributed by atoms with Gasteiger partial charge in [-0.2, -0.15) is 0 Å². The molecule has 4 aromatic rings. The van der Waals surface area contributed by atoms with Crippen molar-refractivity contribution in [2.24, 2.45) is 5.92 Å². The predicted octanol–water partition coefficient (Wildman–Crippen LogP) is 2.96. The Morgan fingerprint density at radius 2 is 2.09 bits per heavy atom. The van der Waals surface area contributed by atoms with E-state index in [0.29, 0.717) is 45.4 Å². The summed E-state index contributed by atoms with van der Waals surface area (Å²) in [5.41, 5.74) is 7.56. The molecule has 1 aliphatic heterocycles. The molecule has 11 heteroatoms. The molecule has 1 aliphatic carbocycles. The molecule has 0 bridgehead atoms. The first kappa shape index (κ1) is 21.8. The van der Waals surface area contributed by atoms with Gasteiger partial charge in [-0.05, 0) is 65.0 Å². The smallest absolute Gasteiger partial charge is 0.248 e. The summed E-state index contributed by atoms with van der Waals surface area (Å²) in [7, 11) is 1.60. The minimum Gasteiger partial charge on any atom is -0.497 e. The Bertz CT molecular complexity index is 1500. The fourth-order valence-corrected chi connectivity index (χ4v) is 5.50. The third kappa shape index (κ3) is 3.66. The largest absolute Gasteiger partial charge is 0.497 e. The van der Waals surface area contributed by atoms with Crippen LogP contribution in [0.25, 0.3) is 21.9 Å². The SMILES string of the molecule is COc1ccc2c(c1)c1c(N)ncnc1n2CC(=O)N1[C@@H]2C[C@@H]2C[C@H]1C(=O)Nc1cccc(Br)n1. The van der Waals surface area contributed by atoms with E-state index in [2.05, 4.69) is 36.2 Å². The lowest BCUT2D eigenvalue weighted by Crippen LogP contribution is -2.46. The molecular formula is C24H22BrN7O3. The fourth-order valence-electron chi connectivity index (χ4n) is 5.16. The zero-order valence-electron chi connectivity index (χ0n) is 18.8. The second kappa shape index (κ2) is 8.19. The number of pyridine rings is 1. The van der Waals surface area contributed by atoms with Gasteiger partial charge in [0, 0.05) is 11.4 Å². The highest BCUT2D eigenvalue weighted by Gasteiger charge is 2.56. The normalized spacial score (nSPS) is 20.7. The van der Waals surface area contributed by atoms with Crippen LogP contribution in [0.1, 0.15) is 12.8 Å². The molecule has 3 N–H and O–H groups in total. The Kier molecular flexibility index (Phi) is 5.10. The zero-order valence-corrected chi connectivity index (χ0v) is 20.4. The van der Waals surface area contributed by atoms with E-state index in [0.717, 1.165) is 17.3 Å². The molecule has 1 saturated carbocycles. The molecular weight excluding hydrogens is 514 g/mol. The molecule has 3 aromatic heterocycles. The van der Waals surface area contributed by atoms with E-state index in [-0.39, 0.29) is 24.4 Å². The average Bonchev–Trinajstić information content (AvgIpc) is 3.39. The van der Waals surface area contributed by atoms with Crippen LogP contribution in [-0.2, 0) is 16.1 Å². The van der Waals surface area contributed by atoms with Gasteiger partial charge in [-0.3, -0.25) is 9.59 Å². The molecule has 2 amide bonds. The lowest BCUT2D eigenvalue weighted by atomic mass is 10.1. The summed E-state index contributed by atoms with van der Waals surface area (Å²) < 4.78 is 7.85. The molecule has 0 radical (unpaired) electrons. The van der Waals surface area contributed by atoms with Crippen molar-refractivity contribution in [2.45, 2.75) is 31.5 Å². The first-order valence-electron chi connectivity index (χ1n) is 11.3. The summed E-state index contributed by atoms with van der Waals surface area (Å²) >= 11 is 3.32. The van der Waals surface area contributed by atoms with Crippen LogP contribution in [0, 0.1) is 5.92 Å². The number of piperidine rings is 1. The molecule has 1 aromatic carbocycles. The molecule has 0 spiro atoms. The number of amides is 2. The van der Waals surface area contributed by atoms with E-state index in [9.17, 15) is 9.59 Å². The summed E-state index contributed by atoms with van der Waals surface area (Å²) in [6.45, 7) is 0.0327. The van der Waals surface area contributed by atoms with Crippen LogP contribution < -0.4 is 15.8 Å². The fraction of sp³-hybridized carbons (Fsp3) is 0.292. The molecule has 2 aliphatic rings. The maximum absolute atomic E-state index is 13.7. The van der Waals surface area contributed by atoms with Gasteiger partial charge in [0.1, 0.15) is 46.5 Å². The summed E-state index contributed by atoms with van der Waals surface area (Å²) in [6.07, 6.45) is 2.96. The van der Waals surface area contributed by atoms with Crippen molar-refractivity contribution in [1.29, 1.82) is 0 Å². The Morgan fingerprint density at radius 3 is 2.89 bits per heavy atom. The van der Waals surface area contributed by atoms with E-state index in [1.54, 1.807) is 30.2 Å². The van der Waals surface area contributed by atoms with E-state index in [1.165, 1.54) is 6.33 Å². The summed E-state index contributed by atoms with van der Waals surface area (Å²) in [6, 6.07) is 10.4. The first-order valence-corrected chi connectivity index (χ1v) is 12.0. The Balaban J connectivity index is 1.33. The van der Waals surface area contributed by atoms with Crippen molar-refractivity contribution in [3.05, 3.63) is 47.3 Å². The van der Waals surface area contributed by atoms with Crippen LogP contribution in [0.5, 0.6) is 5.75 Å². The second-order valence-corrected chi connectivity index (χ2v) is 9.69. The first-order chi connectivity index (χ1) is 16.9. The molecule has 178 valence electrons. The zero-order chi connectivity index (χ0) is 24.3. The molecule has 4 heterocycles. The number of fused-ring (bicyclic) bond motifs is 4. The van der Waals surface area contributed by atoms with Crippen molar-refractivity contribution in [3.8, 4) is 5.75 Å². The Labute approximate surface area is 208 Å². The Morgan fingerprint density at radius 1 is 1.23 bits per heavy atom. The number of methoxy groups -OCH3 is 1. The van der Waals surface area contributed by atoms with Crippen LogP contribution in [0.4, 0.5) is 11.6 Å². The van der Waals surface area contributed by atoms with Gasteiger partial charge in [0.15, 0.2) is 0 Å². The number of nitrogens with one attached hydrogen (secondary N) is 1. The number of nitrogens with zero attached hydrogens (tertiary/aromatic N) is 5. The molecule has 2 fully saturated rings. The maximum atomic E-state index is 13.7. The average molecular weight is 536 g/mol. The van der Waals surface area contributed by atoms with Crippen LogP contribution >= 0.6 is 15.9 Å². The number of carbonyl (C=O) groups is 2. The monoisotopic (exact) mass is 535 g/mol. The Hall–Kier alpha value is -3.73. The third-order valence-corrected chi connectivity index (χ3v) is 7.27. The minimum absolute atomic E-state index is 0.0327. The number of rotatable bonds is 5. The van der Waals surface area contributed by atoms with Crippen molar-refractivity contribution < 1.29 is 14.3 Å². The molecule has 1 saturated heterocycles. The highest BCUT2D eigenvalue weighted by atomic mass is 79.9. The van der Waals surface area contributed by atoms with Crippen LogP contribution in [0.2, 0.25) is 0 Å². The van der Waals surface area contributed by atoms with Crippen LogP contribution in [0.3, 0.4) is 0 Å². The van der Waals surface area contributed by atoms with Crippen LogP contribution in [0.15, 0.2) is 47.3 Å².